The molecule has 0 aliphatic heterocycles. The van der Waals surface area contributed by atoms with E-state index >= 15 is 0 Å². The van der Waals surface area contributed by atoms with Gasteiger partial charge in [-0.25, -0.2) is 0 Å². The van der Waals surface area contributed by atoms with Crippen molar-refractivity contribution in [2.24, 2.45) is 35.5 Å². The zero-order valence-electron chi connectivity index (χ0n) is 21.2. The van der Waals surface area contributed by atoms with Crippen LogP contribution in [0, 0.1) is 35.5 Å². The van der Waals surface area contributed by atoms with Crippen LogP contribution in [-0.4, -0.2) is 15.2 Å². The van der Waals surface area contributed by atoms with Crippen molar-refractivity contribution in [3.05, 3.63) is 35.9 Å². The van der Waals surface area contributed by atoms with Crippen LogP contribution in [0.3, 0.4) is 0 Å². The van der Waals surface area contributed by atoms with Crippen LogP contribution in [-0.2, 0) is 0 Å². The Balaban J connectivity index is 1.49. The first kappa shape index (κ1) is 22.4. The summed E-state index contributed by atoms with van der Waals surface area (Å²) in [6.07, 6.45) is 12.3. The van der Waals surface area contributed by atoms with Crippen molar-refractivity contribution >= 4 is 15.2 Å². The molecule has 4 saturated carbocycles. The number of benzene rings is 1. The number of hydrogen-bond donors (Lipinski definition) is 0. The van der Waals surface area contributed by atoms with Crippen LogP contribution in [0.1, 0.15) is 76.7 Å². The fraction of sp³-hybridized carbons (Fsp3) is 0.793. The van der Waals surface area contributed by atoms with Gasteiger partial charge in [0.2, 0.25) is 0 Å². The van der Waals surface area contributed by atoms with Gasteiger partial charge in [-0.3, -0.25) is 0 Å². The van der Waals surface area contributed by atoms with E-state index in [0.717, 1.165) is 52.5 Å². The summed E-state index contributed by atoms with van der Waals surface area (Å²) in [6.45, 7) is 16.7. The van der Waals surface area contributed by atoms with Gasteiger partial charge >= 0.3 is 0 Å². The minimum absolute atomic E-state index is 0.862. The van der Waals surface area contributed by atoms with E-state index in [1.165, 1.54) is 32.1 Å². The molecule has 4 aliphatic rings. The Morgan fingerprint density at radius 1 is 0.710 bits per heavy atom. The average Bonchev–Trinajstić information content (AvgIpc) is 3.44. The third kappa shape index (κ3) is 3.57. The van der Waals surface area contributed by atoms with Crippen molar-refractivity contribution in [3.8, 4) is 0 Å². The van der Waals surface area contributed by atoms with E-state index in [4.69, 9.17) is 0 Å². The molecule has 172 valence electrons. The molecule has 0 heterocycles. The van der Waals surface area contributed by atoms with E-state index in [1.807, 2.05) is 0 Å². The van der Waals surface area contributed by atoms with Gasteiger partial charge in [0.15, 0.2) is 0 Å². The minimum Gasteiger partial charge on any atom is -0.0711 e. The maximum Gasteiger partial charge on any atom is 0.0451 e. The number of hydrogen-bond acceptors (Lipinski definition) is 0. The van der Waals surface area contributed by atoms with E-state index in [9.17, 15) is 0 Å². The molecule has 31 heavy (non-hydrogen) atoms. The van der Waals surface area contributed by atoms with Crippen molar-refractivity contribution in [1.29, 1.82) is 0 Å². The molecule has 1 aromatic rings. The Bertz CT molecular complexity index is 768. The Morgan fingerprint density at radius 3 is 2.13 bits per heavy atom. The summed E-state index contributed by atoms with van der Waals surface area (Å²) in [7, 11) is -2.52. The number of fused-ring (bicyclic) bond motifs is 2. The number of rotatable bonds is 4. The molecule has 0 nitrogen and oxygen atoms in total. The standard InChI is InChI=1S/C29H48Si2/c1-20-15-16-24(17-20)30(3,4)31(5,6)29-21(2)18-26-27(29)19-23-13-10-14-25(23)28(26)22-11-8-7-9-12-22/h7-9,11-12,20-21,23-29H,10,13-19H2,1-6H3. The summed E-state index contributed by atoms with van der Waals surface area (Å²) in [5, 5.41) is 0. The Kier molecular flexibility index (Phi) is 5.90. The zero-order valence-corrected chi connectivity index (χ0v) is 23.2. The van der Waals surface area contributed by atoms with Crippen molar-refractivity contribution in [3.63, 3.8) is 0 Å². The van der Waals surface area contributed by atoms with Crippen molar-refractivity contribution in [1.82, 2.24) is 0 Å². The van der Waals surface area contributed by atoms with E-state index in [2.05, 4.69) is 70.4 Å². The van der Waals surface area contributed by atoms with E-state index in [-0.39, 0.29) is 0 Å². The molecular weight excluding hydrogens is 404 g/mol. The van der Waals surface area contributed by atoms with Gasteiger partial charge in [0.05, 0.1) is 0 Å². The monoisotopic (exact) mass is 452 g/mol. The second kappa shape index (κ2) is 8.15. The largest absolute Gasteiger partial charge is 0.0711 e. The molecule has 0 N–H and O–H groups in total. The minimum atomic E-state index is -1.30. The second-order valence-corrected chi connectivity index (χ2v) is 29.8. The molecule has 2 heteroatoms. The fourth-order valence-corrected chi connectivity index (χ4v) is 24.7. The molecule has 0 spiro atoms. The Hall–Kier alpha value is -0.346. The van der Waals surface area contributed by atoms with Gasteiger partial charge in [-0.05, 0) is 77.3 Å². The third-order valence-corrected chi connectivity index (χ3v) is 32.6. The molecule has 5 rings (SSSR count). The van der Waals surface area contributed by atoms with Crippen LogP contribution in [0.4, 0.5) is 0 Å². The van der Waals surface area contributed by atoms with Gasteiger partial charge in [0, 0.05) is 15.2 Å². The van der Waals surface area contributed by atoms with Crippen molar-refractivity contribution in [2.45, 2.75) is 108 Å². The van der Waals surface area contributed by atoms with E-state index in [1.54, 1.807) is 24.8 Å². The first-order valence-corrected chi connectivity index (χ1v) is 20.9. The molecule has 0 radical (unpaired) electrons. The third-order valence-electron chi connectivity index (χ3n) is 11.9. The molecule has 9 atom stereocenters. The summed E-state index contributed by atoms with van der Waals surface area (Å²) in [5.74, 6) is 6.84. The Morgan fingerprint density at radius 2 is 1.45 bits per heavy atom. The molecule has 4 aliphatic carbocycles. The molecule has 1 aromatic carbocycles. The average molecular weight is 453 g/mol. The normalized spacial score (nSPS) is 43.1. The van der Waals surface area contributed by atoms with Crippen LogP contribution in [0.15, 0.2) is 30.3 Å². The molecule has 0 bridgehead atoms. The molecule has 0 amide bonds. The molecule has 9 unspecified atom stereocenters. The van der Waals surface area contributed by atoms with Gasteiger partial charge in [-0.2, -0.15) is 0 Å². The summed E-state index contributed by atoms with van der Waals surface area (Å²) >= 11 is 0. The lowest BCUT2D eigenvalue weighted by atomic mass is 9.62. The predicted octanol–water partition coefficient (Wildman–Crippen LogP) is 8.92. The molecule has 4 fully saturated rings. The quantitative estimate of drug-likeness (QED) is 0.400. The second-order valence-electron chi connectivity index (χ2n) is 13.7. The smallest absolute Gasteiger partial charge is 0.0451 e. The predicted molar refractivity (Wildman–Crippen MR) is 141 cm³/mol. The van der Waals surface area contributed by atoms with Gasteiger partial charge < -0.3 is 0 Å². The maximum atomic E-state index is 2.89. The highest BCUT2D eigenvalue weighted by Gasteiger charge is 2.61. The summed E-state index contributed by atoms with van der Waals surface area (Å²) in [5.41, 5.74) is 3.90. The lowest BCUT2D eigenvalue weighted by Crippen LogP contribution is -2.62. The van der Waals surface area contributed by atoms with Gasteiger partial charge in [0.1, 0.15) is 0 Å². The highest BCUT2D eigenvalue weighted by atomic mass is 29.3. The van der Waals surface area contributed by atoms with E-state index < -0.39 is 15.2 Å². The maximum absolute atomic E-state index is 2.89. The molecular formula is C29H48Si2. The first-order chi connectivity index (χ1) is 14.7. The van der Waals surface area contributed by atoms with Crippen LogP contribution >= 0.6 is 0 Å². The molecule has 0 saturated heterocycles. The van der Waals surface area contributed by atoms with Crippen molar-refractivity contribution < 1.29 is 0 Å². The molecule has 0 aromatic heterocycles. The lowest BCUT2D eigenvalue weighted by Gasteiger charge is -2.52. The topological polar surface area (TPSA) is 0 Å². The SMILES string of the molecule is CC1CCC([Si](C)(C)[Si](C)(C)C2C(C)CC3C2CC2CCCC2C3c2ccccc2)C1. The van der Waals surface area contributed by atoms with Gasteiger partial charge in [0.25, 0.3) is 0 Å². The van der Waals surface area contributed by atoms with Crippen LogP contribution < -0.4 is 0 Å². The van der Waals surface area contributed by atoms with Crippen molar-refractivity contribution in [2.75, 3.05) is 0 Å². The van der Waals surface area contributed by atoms with Crippen LogP contribution in [0.2, 0.25) is 37.3 Å². The van der Waals surface area contributed by atoms with E-state index in [0.29, 0.717) is 0 Å². The van der Waals surface area contributed by atoms with Crippen LogP contribution in [0.5, 0.6) is 0 Å². The van der Waals surface area contributed by atoms with Crippen LogP contribution in [0.25, 0.3) is 0 Å². The highest BCUT2D eigenvalue weighted by molar-refractivity contribution is 7.41. The Labute approximate surface area is 194 Å². The van der Waals surface area contributed by atoms with Gasteiger partial charge in [-0.15, -0.1) is 0 Å². The summed E-state index contributed by atoms with van der Waals surface area (Å²) in [6, 6.07) is 11.8. The van der Waals surface area contributed by atoms with Gasteiger partial charge in [-0.1, -0.05) is 102 Å². The lowest BCUT2D eigenvalue weighted by molar-refractivity contribution is 0.121. The first-order valence-electron chi connectivity index (χ1n) is 13.8. The highest BCUT2D eigenvalue weighted by Crippen LogP contribution is 2.66. The summed E-state index contributed by atoms with van der Waals surface area (Å²) < 4.78 is 0. The summed E-state index contributed by atoms with van der Waals surface area (Å²) in [4.78, 5) is 0. The fourth-order valence-electron chi connectivity index (χ4n) is 9.91. The zero-order chi connectivity index (χ0) is 22.0.